The third-order valence-corrected chi connectivity index (χ3v) is 6.51. The Morgan fingerprint density at radius 2 is 2.23 bits per heavy atom. The molecular weight excluding hydrogens is 372 g/mol. The molecule has 4 nitrogen and oxygen atoms in total. The monoisotopic (exact) mass is 392 g/mol. The number of halogens is 1. The summed E-state index contributed by atoms with van der Waals surface area (Å²) in [6.45, 7) is 3.02. The highest BCUT2D eigenvalue weighted by Crippen LogP contribution is 2.35. The zero-order valence-electron chi connectivity index (χ0n) is 14.7. The number of aryl methyl sites for hydroxylation is 1. The molecule has 1 atom stereocenters. The van der Waals surface area contributed by atoms with Crippen LogP contribution in [0.2, 0.25) is 5.02 Å². The lowest BCUT2D eigenvalue weighted by Gasteiger charge is -2.21. The molecular formula is C20H21ClO4S. The minimum Gasteiger partial charge on any atom is -0.467 e. The van der Waals surface area contributed by atoms with Gasteiger partial charge in [0.1, 0.15) is 17.2 Å². The number of benzene rings is 1. The lowest BCUT2D eigenvalue weighted by atomic mass is 9.87. The average molecular weight is 393 g/mol. The smallest absolute Gasteiger partial charge is 0.348 e. The molecule has 0 amide bonds. The van der Waals surface area contributed by atoms with Crippen LogP contribution in [0.5, 0.6) is 5.75 Å². The highest BCUT2D eigenvalue weighted by atomic mass is 35.5. The van der Waals surface area contributed by atoms with Gasteiger partial charge in [-0.05, 0) is 48.9 Å². The van der Waals surface area contributed by atoms with Crippen LogP contribution in [-0.2, 0) is 35.5 Å². The summed E-state index contributed by atoms with van der Waals surface area (Å²) in [5.41, 5.74) is 2.98. The summed E-state index contributed by atoms with van der Waals surface area (Å²) in [6, 6.07) is 5.62. The molecule has 26 heavy (non-hydrogen) atoms. The molecule has 0 saturated heterocycles. The van der Waals surface area contributed by atoms with E-state index in [2.05, 4.69) is 6.92 Å². The Hall–Kier alpha value is -1.56. The highest BCUT2D eigenvalue weighted by molar-refractivity contribution is 7.14. The Balaban J connectivity index is 1.47. The third-order valence-electron chi connectivity index (χ3n) is 5.07. The number of esters is 1. The SMILES string of the molecule is CC[C@@H]1CCc2sc(C(=O)OCc3cc(Cl)cc4c3OCOC4)cc2C1. The molecule has 1 aromatic heterocycles. The van der Waals surface area contributed by atoms with Crippen molar-refractivity contribution in [2.45, 2.75) is 45.8 Å². The maximum Gasteiger partial charge on any atom is 0.348 e. The predicted molar refractivity (Wildman–Crippen MR) is 101 cm³/mol. The summed E-state index contributed by atoms with van der Waals surface area (Å²) in [5, 5.41) is 0.584. The summed E-state index contributed by atoms with van der Waals surface area (Å²) in [4.78, 5) is 14.6. The first-order chi connectivity index (χ1) is 12.6. The van der Waals surface area contributed by atoms with Crippen molar-refractivity contribution in [1.29, 1.82) is 0 Å². The van der Waals surface area contributed by atoms with Crippen molar-refractivity contribution in [2.24, 2.45) is 5.92 Å². The minimum atomic E-state index is -0.279. The molecule has 4 rings (SSSR count). The van der Waals surface area contributed by atoms with Crippen molar-refractivity contribution >= 4 is 28.9 Å². The van der Waals surface area contributed by atoms with E-state index in [9.17, 15) is 4.79 Å². The van der Waals surface area contributed by atoms with Gasteiger partial charge in [0.2, 0.25) is 0 Å². The number of hydrogen-bond acceptors (Lipinski definition) is 5. The zero-order valence-corrected chi connectivity index (χ0v) is 16.3. The van der Waals surface area contributed by atoms with E-state index < -0.39 is 0 Å². The molecule has 1 aliphatic heterocycles. The van der Waals surface area contributed by atoms with Crippen LogP contribution in [0.3, 0.4) is 0 Å². The molecule has 0 radical (unpaired) electrons. The third kappa shape index (κ3) is 3.61. The van der Waals surface area contributed by atoms with Crippen LogP contribution < -0.4 is 4.74 Å². The topological polar surface area (TPSA) is 44.8 Å². The molecule has 138 valence electrons. The summed E-state index contributed by atoms with van der Waals surface area (Å²) in [7, 11) is 0. The molecule has 1 aliphatic carbocycles. The number of thiophene rings is 1. The van der Waals surface area contributed by atoms with Crippen molar-refractivity contribution in [3.05, 3.63) is 49.7 Å². The van der Waals surface area contributed by atoms with Crippen LogP contribution in [0, 0.1) is 5.92 Å². The van der Waals surface area contributed by atoms with Crippen molar-refractivity contribution in [2.75, 3.05) is 6.79 Å². The normalized spacial score (nSPS) is 18.6. The fraction of sp³-hybridized carbons (Fsp3) is 0.450. The number of fused-ring (bicyclic) bond motifs is 2. The Morgan fingerprint density at radius 3 is 3.08 bits per heavy atom. The standard InChI is InChI=1S/C20H21ClO4S/c1-2-12-3-4-17-13(5-12)8-18(26-17)20(22)24-10-15-7-16(21)6-14-9-23-11-25-19(14)15/h6-8,12H,2-5,9-11H2,1H3/t12-/m1/s1. The lowest BCUT2D eigenvalue weighted by Crippen LogP contribution is -2.14. The van der Waals surface area contributed by atoms with E-state index in [0.29, 0.717) is 22.3 Å². The molecule has 0 bridgehead atoms. The number of hydrogen-bond donors (Lipinski definition) is 0. The Labute approximate surface area is 162 Å². The van der Waals surface area contributed by atoms with Gasteiger partial charge in [0, 0.05) is 21.0 Å². The molecule has 0 saturated carbocycles. The van der Waals surface area contributed by atoms with Gasteiger partial charge in [0.15, 0.2) is 6.79 Å². The molecule has 2 heterocycles. The van der Waals surface area contributed by atoms with E-state index >= 15 is 0 Å². The molecule has 0 N–H and O–H groups in total. The van der Waals surface area contributed by atoms with E-state index in [1.54, 1.807) is 17.4 Å². The van der Waals surface area contributed by atoms with Gasteiger partial charge in [0.05, 0.1) is 6.61 Å². The zero-order chi connectivity index (χ0) is 18.1. The quantitative estimate of drug-likeness (QED) is 0.676. The lowest BCUT2D eigenvalue weighted by molar-refractivity contribution is -0.0180. The van der Waals surface area contributed by atoms with E-state index in [1.165, 1.54) is 23.3 Å². The fourth-order valence-electron chi connectivity index (χ4n) is 3.63. The molecule has 1 aromatic carbocycles. The van der Waals surface area contributed by atoms with Gasteiger partial charge in [-0.2, -0.15) is 0 Å². The second-order valence-corrected chi connectivity index (χ2v) is 8.39. The first-order valence-electron chi connectivity index (χ1n) is 8.94. The van der Waals surface area contributed by atoms with Crippen LogP contribution in [-0.4, -0.2) is 12.8 Å². The maximum atomic E-state index is 12.5. The van der Waals surface area contributed by atoms with Crippen LogP contribution in [0.1, 0.15) is 51.0 Å². The first-order valence-corrected chi connectivity index (χ1v) is 10.1. The van der Waals surface area contributed by atoms with E-state index in [0.717, 1.165) is 29.9 Å². The van der Waals surface area contributed by atoms with Crippen LogP contribution in [0.15, 0.2) is 18.2 Å². The number of carbonyl (C=O) groups excluding carboxylic acids is 1. The van der Waals surface area contributed by atoms with Crippen LogP contribution in [0.4, 0.5) is 0 Å². The van der Waals surface area contributed by atoms with Crippen molar-refractivity contribution < 1.29 is 19.0 Å². The van der Waals surface area contributed by atoms with E-state index in [1.807, 2.05) is 12.1 Å². The molecule has 2 aromatic rings. The van der Waals surface area contributed by atoms with Gasteiger partial charge in [-0.3, -0.25) is 0 Å². The van der Waals surface area contributed by atoms with Crippen molar-refractivity contribution in [3.63, 3.8) is 0 Å². The molecule has 6 heteroatoms. The summed E-state index contributed by atoms with van der Waals surface area (Å²) in [5.74, 6) is 1.17. The van der Waals surface area contributed by atoms with Crippen LogP contribution in [0.25, 0.3) is 0 Å². The maximum absolute atomic E-state index is 12.5. The number of ether oxygens (including phenoxy) is 3. The van der Waals surface area contributed by atoms with Crippen molar-refractivity contribution in [3.8, 4) is 5.75 Å². The van der Waals surface area contributed by atoms with Gasteiger partial charge in [0.25, 0.3) is 0 Å². The molecule has 2 aliphatic rings. The minimum absolute atomic E-state index is 0.141. The summed E-state index contributed by atoms with van der Waals surface area (Å²) < 4.78 is 16.4. The number of rotatable bonds is 4. The molecule has 0 fully saturated rings. The van der Waals surface area contributed by atoms with Gasteiger partial charge in [-0.15, -0.1) is 11.3 Å². The second kappa shape index (κ2) is 7.59. The predicted octanol–water partition coefficient (Wildman–Crippen LogP) is 5.14. The highest BCUT2D eigenvalue weighted by Gasteiger charge is 2.23. The van der Waals surface area contributed by atoms with Gasteiger partial charge < -0.3 is 14.2 Å². The Morgan fingerprint density at radius 1 is 1.35 bits per heavy atom. The first kappa shape index (κ1) is 17.8. The fourth-order valence-corrected chi connectivity index (χ4v) is 4.99. The molecule has 0 spiro atoms. The van der Waals surface area contributed by atoms with Crippen LogP contribution >= 0.6 is 22.9 Å². The Bertz CT molecular complexity index is 829. The Kier molecular flexibility index (Phi) is 5.20. The van der Waals surface area contributed by atoms with Crippen molar-refractivity contribution in [1.82, 2.24) is 0 Å². The van der Waals surface area contributed by atoms with E-state index in [-0.39, 0.29) is 19.4 Å². The second-order valence-electron chi connectivity index (χ2n) is 6.82. The largest absolute Gasteiger partial charge is 0.467 e. The van der Waals surface area contributed by atoms with Gasteiger partial charge >= 0.3 is 5.97 Å². The average Bonchev–Trinajstić information content (AvgIpc) is 3.09. The summed E-state index contributed by atoms with van der Waals surface area (Å²) in [6.07, 6.45) is 4.55. The number of carbonyl (C=O) groups is 1. The van der Waals surface area contributed by atoms with E-state index in [4.69, 9.17) is 25.8 Å². The molecule has 0 unspecified atom stereocenters. The van der Waals surface area contributed by atoms with Gasteiger partial charge in [-0.1, -0.05) is 24.9 Å². The van der Waals surface area contributed by atoms with Gasteiger partial charge in [-0.25, -0.2) is 4.79 Å². The summed E-state index contributed by atoms with van der Waals surface area (Å²) >= 11 is 7.73.